The third-order valence-electron chi connectivity index (χ3n) is 9.10. The van der Waals surface area contributed by atoms with Crippen molar-refractivity contribution in [3.63, 3.8) is 0 Å². The topological polar surface area (TPSA) is 0 Å². The predicted molar refractivity (Wildman–Crippen MR) is 102 cm³/mol. The molecule has 0 nitrogen and oxygen atoms in total. The van der Waals surface area contributed by atoms with E-state index in [4.69, 9.17) is 0 Å². The Hall–Kier alpha value is 0. The van der Waals surface area contributed by atoms with Gasteiger partial charge in [0.25, 0.3) is 0 Å². The van der Waals surface area contributed by atoms with Crippen LogP contribution >= 0.6 is 0 Å². The van der Waals surface area contributed by atoms with Gasteiger partial charge < -0.3 is 0 Å². The second-order valence-corrected chi connectivity index (χ2v) is 12.7. The predicted octanol–water partition coefficient (Wildman–Crippen LogP) is 7.62. The minimum Gasteiger partial charge on any atom is -0.0596 e. The summed E-state index contributed by atoms with van der Waals surface area (Å²) in [6.45, 7) is 19.4. The number of hydrogen-bond acceptors (Lipinski definition) is 0. The summed E-state index contributed by atoms with van der Waals surface area (Å²) < 4.78 is 0. The zero-order valence-electron chi connectivity index (χ0n) is 17.4. The van der Waals surface area contributed by atoms with Gasteiger partial charge in [0.15, 0.2) is 0 Å². The Balaban J connectivity index is 0.000000140. The molecule has 0 amide bonds. The molecule has 0 aromatic heterocycles. The maximum Gasteiger partial charge on any atom is -0.0233 e. The van der Waals surface area contributed by atoms with Crippen LogP contribution in [-0.4, -0.2) is 0 Å². The van der Waals surface area contributed by atoms with E-state index in [-0.39, 0.29) is 0 Å². The van der Waals surface area contributed by atoms with Crippen LogP contribution in [0.15, 0.2) is 0 Å². The minimum atomic E-state index is 0.536. The fraction of sp³-hybridized carbons (Fsp3) is 1.00. The Morgan fingerprint density at radius 2 is 0.826 bits per heavy atom. The second-order valence-electron chi connectivity index (χ2n) is 12.7. The Bertz CT molecular complexity index is 423. The van der Waals surface area contributed by atoms with Crippen molar-refractivity contribution < 1.29 is 0 Å². The molecule has 6 rings (SSSR count). The normalized spacial score (nSPS) is 48.0. The average Bonchev–Trinajstić information content (AvgIpc) is 2.33. The molecule has 0 spiro atoms. The van der Waals surface area contributed by atoms with E-state index in [2.05, 4.69) is 55.4 Å². The van der Waals surface area contributed by atoms with Gasteiger partial charge in [-0.05, 0) is 90.3 Å². The van der Waals surface area contributed by atoms with Gasteiger partial charge in [-0.3, -0.25) is 0 Å². The van der Waals surface area contributed by atoms with Crippen LogP contribution in [0.1, 0.15) is 113 Å². The van der Waals surface area contributed by atoms with Gasteiger partial charge in [0.2, 0.25) is 0 Å². The molecule has 0 heterocycles. The van der Waals surface area contributed by atoms with Crippen molar-refractivity contribution in [3.8, 4) is 0 Å². The van der Waals surface area contributed by atoms with Gasteiger partial charge in [-0.1, -0.05) is 55.4 Å². The van der Waals surface area contributed by atoms with E-state index in [1.807, 2.05) is 0 Å². The van der Waals surface area contributed by atoms with E-state index >= 15 is 0 Å². The molecule has 0 aliphatic heterocycles. The van der Waals surface area contributed by atoms with E-state index in [1.165, 1.54) is 57.8 Å². The van der Waals surface area contributed by atoms with Gasteiger partial charge in [-0.15, -0.1) is 0 Å². The third kappa shape index (κ3) is 2.71. The van der Waals surface area contributed by atoms with Gasteiger partial charge in [0.05, 0.1) is 0 Å². The van der Waals surface area contributed by atoms with Gasteiger partial charge in [-0.2, -0.15) is 0 Å². The molecule has 0 heteroatoms. The summed E-state index contributed by atoms with van der Waals surface area (Å²) in [4.78, 5) is 0. The molecule has 0 saturated heterocycles. The molecular weight excluding hydrogens is 276 g/mol. The summed E-state index contributed by atoms with van der Waals surface area (Å²) in [6, 6.07) is 0. The minimum absolute atomic E-state index is 0.536. The molecule has 0 unspecified atom stereocenters. The number of hydrogen-bond donors (Lipinski definition) is 0. The molecule has 6 aliphatic carbocycles. The third-order valence-corrected chi connectivity index (χ3v) is 9.10. The number of rotatable bonds is 0. The first kappa shape index (κ1) is 17.8. The standard InChI is InChI=1S/C13H24.C10H18/c1-11(2,3)13-8-5-12(4,6-9-13)7-10-13;1-8(2,3)10-5-9(4,6-10)7-10/h5-10H2,1-4H3;5-7H2,1-4H3. The van der Waals surface area contributed by atoms with E-state index < -0.39 is 0 Å². The summed E-state index contributed by atoms with van der Waals surface area (Å²) in [5, 5.41) is 0. The van der Waals surface area contributed by atoms with Crippen molar-refractivity contribution in [1.29, 1.82) is 0 Å². The summed E-state index contributed by atoms with van der Waals surface area (Å²) in [5.74, 6) is 0. The Morgan fingerprint density at radius 1 is 0.478 bits per heavy atom. The zero-order valence-corrected chi connectivity index (χ0v) is 17.4. The molecule has 0 aromatic rings. The highest BCUT2D eigenvalue weighted by Gasteiger charge is 2.68. The highest BCUT2D eigenvalue weighted by Crippen LogP contribution is 2.78. The van der Waals surface area contributed by atoms with Crippen LogP contribution in [-0.2, 0) is 0 Å². The summed E-state index contributed by atoms with van der Waals surface area (Å²) >= 11 is 0. The first-order valence-electron chi connectivity index (χ1n) is 10.2. The molecule has 0 N–H and O–H groups in total. The van der Waals surface area contributed by atoms with Crippen LogP contribution < -0.4 is 0 Å². The molecule has 0 radical (unpaired) electrons. The average molecular weight is 319 g/mol. The van der Waals surface area contributed by atoms with E-state index in [1.54, 1.807) is 0 Å². The molecule has 6 aliphatic rings. The van der Waals surface area contributed by atoms with Crippen LogP contribution in [0.4, 0.5) is 0 Å². The fourth-order valence-corrected chi connectivity index (χ4v) is 6.59. The lowest BCUT2D eigenvalue weighted by atomic mass is 9.30. The lowest BCUT2D eigenvalue weighted by Crippen LogP contribution is -2.65. The van der Waals surface area contributed by atoms with Crippen molar-refractivity contribution in [2.45, 2.75) is 113 Å². The van der Waals surface area contributed by atoms with Crippen LogP contribution in [0.3, 0.4) is 0 Å². The zero-order chi connectivity index (χ0) is 17.4. The number of fused-ring (bicyclic) bond motifs is 3. The maximum absolute atomic E-state index is 2.50. The highest BCUT2D eigenvalue weighted by atomic mass is 14.7. The van der Waals surface area contributed by atoms with Gasteiger partial charge in [0.1, 0.15) is 0 Å². The quantitative estimate of drug-likeness (QED) is 0.431. The smallest absolute Gasteiger partial charge is 0.0233 e. The molecule has 0 aromatic carbocycles. The maximum atomic E-state index is 2.50. The van der Waals surface area contributed by atoms with Crippen molar-refractivity contribution in [2.75, 3.05) is 0 Å². The highest BCUT2D eigenvalue weighted by molar-refractivity contribution is 5.18. The van der Waals surface area contributed by atoms with Gasteiger partial charge >= 0.3 is 0 Å². The SMILES string of the molecule is CC12CC(C(C)(C)C)(C1)C2.CC12CCC(C(C)(C)C)(CC1)CC2. The van der Waals surface area contributed by atoms with Crippen molar-refractivity contribution in [1.82, 2.24) is 0 Å². The van der Waals surface area contributed by atoms with E-state index in [9.17, 15) is 0 Å². The first-order chi connectivity index (χ1) is 10.2. The Morgan fingerprint density at radius 3 is 1.04 bits per heavy atom. The van der Waals surface area contributed by atoms with Crippen LogP contribution in [0.2, 0.25) is 0 Å². The molecule has 0 atom stereocenters. The van der Waals surface area contributed by atoms with Gasteiger partial charge in [-0.25, -0.2) is 0 Å². The first-order valence-corrected chi connectivity index (χ1v) is 10.2. The lowest BCUT2D eigenvalue weighted by molar-refractivity contribution is -0.248. The van der Waals surface area contributed by atoms with Crippen molar-refractivity contribution >= 4 is 0 Å². The Labute approximate surface area is 146 Å². The van der Waals surface area contributed by atoms with E-state index in [0.29, 0.717) is 16.2 Å². The fourth-order valence-electron chi connectivity index (χ4n) is 6.59. The van der Waals surface area contributed by atoms with Gasteiger partial charge in [0, 0.05) is 0 Å². The monoisotopic (exact) mass is 318 g/mol. The second kappa shape index (κ2) is 4.79. The largest absolute Gasteiger partial charge is 0.0596 e. The van der Waals surface area contributed by atoms with Crippen LogP contribution in [0.25, 0.3) is 0 Å². The van der Waals surface area contributed by atoms with Crippen molar-refractivity contribution in [3.05, 3.63) is 0 Å². The molecule has 6 fully saturated rings. The summed E-state index contributed by atoms with van der Waals surface area (Å²) in [5.41, 5.74) is 4.09. The lowest BCUT2D eigenvalue weighted by Gasteiger charge is -2.75. The molecule has 134 valence electrons. The molecule has 23 heavy (non-hydrogen) atoms. The molecule has 4 bridgehead atoms. The van der Waals surface area contributed by atoms with Crippen molar-refractivity contribution in [2.24, 2.45) is 32.5 Å². The van der Waals surface area contributed by atoms with Crippen LogP contribution in [0, 0.1) is 32.5 Å². The Kier molecular flexibility index (Phi) is 3.71. The van der Waals surface area contributed by atoms with Crippen LogP contribution in [0.5, 0.6) is 0 Å². The summed E-state index contributed by atoms with van der Waals surface area (Å²) in [6.07, 6.45) is 13.5. The summed E-state index contributed by atoms with van der Waals surface area (Å²) in [7, 11) is 0. The van der Waals surface area contributed by atoms with E-state index in [0.717, 1.165) is 16.2 Å². The molecular formula is C23H42. The molecule has 6 saturated carbocycles.